The van der Waals surface area contributed by atoms with Gasteiger partial charge in [-0.05, 0) is 23.8 Å². The Bertz CT molecular complexity index is 867. The molecule has 7 heteroatoms. The van der Waals surface area contributed by atoms with Gasteiger partial charge in [-0.25, -0.2) is 4.79 Å². The molecule has 2 saturated heterocycles. The van der Waals surface area contributed by atoms with Crippen molar-refractivity contribution in [2.45, 2.75) is 31.0 Å². The molecule has 4 rings (SSSR count). The standard InChI is InChI=1S/C21H21N3O4/c22-10-15-7-4-8-16(9-15)23-21(25)24-17-12-27-20-18(13-28-19(17)20)26-11-14-5-2-1-3-6-14/h1-9,17-20H,11-13H2,(H2,23,24,25)/t17-,18+,19+,20+/m0/s1. The molecule has 2 amide bonds. The average Bonchev–Trinajstić information content (AvgIpc) is 3.30. The summed E-state index contributed by atoms with van der Waals surface area (Å²) in [6.45, 7) is 1.30. The van der Waals surface area contributed by atoms with E-state index in [1.807, 2.05) is 36.4 Å². The first-order valence-corrected chi connectivity index (χ1v) is 9.19. The first-order valence-electron chi connectivity index (χ1n) is 9.19. The van der Waals surface area contributed by atoms with E-state index < -0.39 is 0 Å². The van der Waals surface area contributed by atoms with Crippen molar-refractivity contribution in [2.24, 2.45) is 0 Å². The van der Waals surface area contributed by atoms with Gasteiger partial charge in [-0.15, -0.1) is 0 Å². The number of ether oxygens (including phenoxy) is 3. The molecule has 0 aromatic heterocycles. The predicted octanol–water partition coefficient (Wildman–Crippen LogP) is 2.43. The molecule has 4 atom stereocenters. The van der Waals surface area contributed by atoms with Crippen LogP contribution in [0.15, 0.2) is 54.6 Å². The Morgan fingerprint density at radius 3 is 2.75 bits per heavy atom. The monoisotopic (exact) mass is 379 g/mol. The van der Waals surface area contributed by atoms with Crippen molar-refractivity contribution in [3.05, 3.63) is 65.7 Å². The highest BCUT2D eigenvalue weighted by atomic mass is 16.6. The molecule has 7 nitrogen and oxygen atoms in total. The second-order valence-corrected chi connectivity index (χ2v) is 6.83. The zero-order chi connectivity index (χ0) is 19.3. The molecule has 2 N–H and O–H groups in total. The summed E-state index contributed by atoms with van der Waals surface area (Å²) in [4.78, 5) is 12.3. The summed E-state index contributed by atoms with van der Waals surface area (Å²) in [6, 6.07) is 18.1. The Hall–Kier alpha value is -2.92. The molecule has 2 aliphatic rings. The van der Waals surface area contributed by atoms with Gasteiger partial charge >= 0.3 is 6.03 Å². The Morgan fingerprint density at radius 2 is 1.93 bits per heavy atom. The van der Waals surface area contributed by atoms with Gasteiger partial charge in [0.05, 0.1) is 37.5 Å². The number of urea groups is 1. The van der Waals surface area contributed by atoms with E-state index in [9.17, 15) is 4.79 Å². The molecule has 2 aromatic rings. The van der Waals surface area contributed by atoms with Crippen molar-refractivity contribution >= 4 is 11.7 Å². The number of rotatable bonds is 5. The van der Waals surface area contributed by atoms with Crippen molar-refractivity contribution in [3.63, 3.8) is 0 Å². The molecule has 144 valence electrons. The van der Waals surface area contributed by atoms with Gasteiger partial charge < -0.3 is 24.8 Å². The van der Waals surface area contributed by atoms with Gasteiger partial charge in [0.25, 0.3) is 0 Å². The summed E-state index contributed by atoms with van der Waals surface area (Å²) in [6.07, 6.45) is -0.597. The molecule has 2 heterocycles. The molecule has 0 saturated carbocycles. The molecule has 0 bridgehead atoms. The lowest BCUT2D eigenvalue weighted by Crippen LogP contribution is -2.46. The summed E-state index contributed by atoms with van der Waals surface area (Å²) in [7, 11) is 0. The highest BCUT2D eigenvalue weighted by Gasteiger charge is 2.48. The number of anilines is 1. The summed E-state index contributed by atoms with van der Waals surface area (Å²) in [5.74, 6) is 0. The van der Waals surface area contributed by atoms with E-state index in [1.165, 1.54) is 0 Å². The van der Waals surface area contributed by atoms with E-state index in [0.29, 0.717) is 31.1 Å². The minimum Gasteiger partial charge on any atom is -0.370 e. The van der Waals surface area contributed by atoms with Crippen LogP contribution < -0.4 is 10.6 Å². The Labute approximate surface area is 163 Å². The molecule has 0 aliphatic carbocycles. The molecule has 2 aliphatic heterocycles. The van der Waals surface area contributed by atoms with Gasteiger partial charge in [-0.3, -0.25) is 0 Å². The van der Waals surface area contributed by atoms with Gasteiger partial charge in [0.2, 0.25) is 0 Å². The maximum Gasteiger partial charge on any atom is 0.319 e. The van der Waals surface area contributed by atoms with Crippen LogP contribution in [0.3, 0.4) is 0 Å². The predicted molar refractivity (Wildman–Crippen MR) is 102 cm³/mol. The number of hydrogen-bond donors (Lipinski definition) is 2. The second-order valence-electron chi connectivity index (χ2n) is 6.83. The Morgan fingerprint density at radius 1 is 1.11 bits per heavy atom. The lowest BCUT2D eigenvalue weighted by Gasteiger charge is -2.18. The topological polar surface area (TPSA) is 92.6 Å². The lowest BCUT2D eigenvalue weighted by molar-refractivity contribution is -0.0392. The quantitative estimate of drug-likeness (QED) is 0.832. The number of carbonyl (C=O) groups excluding carboxylic acids is 1. The normalized spacial score (nSPS) is 25.7. The maximum absolute atomic E-state index is 12.3. The van der Waals surface area contributed by atoms with Crippen molar-refractivity contribution < 1.29 is 19.0 Å². The number of carbonyl (C=O) groups is 1. The zero-order valence-electron chi connectivity index (χ0n) is 15.2. The number of hydrogen-bond acceptors (Lipinski definition) is 5. The van der Waals surface area contributed by atoms with Crippen LogP contribution in [-0.2, 0) is 20.8 Å². The SMILES string of the molecule is N#Cc1cccc(NC(=O)N[C@H]2CO[C@H]3[C@@H]2OC[C@H]3OCc2ccccc2)c1. The summed E-state index contributed by atoms with van der Waals surface area (Å²) >= 11 is 0. The zero-order valence-corrected chi connectivity index (χ0v) is 15.2. The molecule has 0 radical (unpaired) electrons. The molecule has 0 spiro atoms. The summed E-state index contributed by atoms with van der Waals surface area (Å²) in [5, 5.41) is 14.6. The molecule has 2 aromatic carbocycles. The number of fused-ring (bicyclic) bond motifs is 1. The van der Waals surface area contributed by atoms with Gasteiger partial charge in [0.1, 0.15) is 18.3 Å². The second kappa shape index (κ2) is 8.40. The number of nitrogens with zero attached hydrogens (tertiary/aromatic N) is 1. The molecule has 28 heavy (non-hydrogen) atoms. The van der Waals surface area contributed by atoms with Crippen LogP contribution in [0.2, 0.25) is 0 Å². The Kier molecular flexibility index (Phi) is 5.53. The third-order valence-electron chi connectivity index (χ3n) is 4.88. The van der Waals surface area contributed by atoms with Gasteiger partial charge in [0, 0.05) is 5.69 Å². The van der Waals surface area contributed by atoms with Gasteiger partial charge in [-0.1, -0.05) is 36.4 Å². The largest absolute Gasteiger partial charge is 0.370 e. The molecular weight excluding hydrogens is 358 g/mol. The highest BCUT2D eigenvalue weighted by Crippen LogP contribution is 2.29. The lowest BCUT2D eigenvalue weighted by atomic mass is 10.1. The number of benzene rings is 2. The van der Waals surface area contributed by atoms with Gasteiger partial charge in [0.15, 0.2) is 0 Å². The van der Waals surface area contributed by atoms with Crippen LogP contribution in [0, 0.1) is 11.3 Å². The first kappa shape index (κ1) is 18.4. The van der Waals surface area contributed by atoms with Crippen LogP contribution in [0.1, 0.15) is 11.1 Å². The minimum absolute atomic E-state index is 0.160. The Balaban J connectivity index is 1.29. The van der Waals surface area contributed by atoms with Crippen molar-refractivity contribution in [3.8, 4) is 6.07 Å². The van der Waals surface area contributed by atoms with Crippen LogP contribution in [0.5, 0.6) is 0 Å². The van der Waals surface area contributed by atoms with Gasteiger partial charge in [-0.2, -0.15) is 5.26 Å². The van der Waals surface area contributed by atoms with E-state index in [4.69, 9.17) is 19.5 Å². The third kappa shape index (κ3) is 4.15. The third-order valence-corrected chi connectivity index (χ3v) is 4.88. The average molecular weight is 379 g/mol. The fourth-order valence-electron chi connectivity index (χ4n) is 3.51. The number of amides is 2. The smallest absolute Gasteiger partial charge is 0.319 e. The van der Waals surface area contributed by atoms with E-state index in [2.05, 4.69) is 10.6 Å². The van der Waals surface area contributed by atoms with Crippen LogP contribution in [0.4, 0.5) is 10.5 Å². The minimum atomic E-state index is -0.360. The van der Waals surface area contributed by atoms with Crippen LogP contribution >= 0.6 is 0 Å². The van der Waals surface area contributed by atoms with Crippen molar-refractivity contribution in [2.75, 3.05) is 18.5 Å². The summed E-state index contributed by atoms with van der Waals surface area (Å²) < 4.78 is 17.7. The summed E-state index contributed by atoms with van der Waals surface area (Å²) in [5.41, 5.74) is 2.14. The molecule has 2 fully saturated rings. The maximum atomic E-state index is 12.3. The fourth-order valence-corrected chi connectivity index (χ4v) is 3.51. The highest BCUT2D eigenvalue weighted by molar-refractivity contribution is 5.89. The first-order chi connectivity index (χ1) is 13.7. The number of nitriles is 1. The van der Waals surface area contributed by atoms with Crippen LogP contribution in [-0.4, -0.2) is 43.6 Å². The van der Waals surface area contributed by atoms with E-state index >= 15 is 0 Å². The van der Waals surface area contributed by atoms with Crippen molar-refractivity contribution in [1.29, 1.82) is 5.26 Å². The van der Waals surface area contributed by atoms with Crippen molar-refractivity contribution in [1.82, 2.24) is 5.32 Å². The number of nitrogens with one attached hydrogen (secondary N) is 2. The fraction of sp³-hybridized carbons (Fsp3) is 0.333. The van der Waals surface area contributed by atoms with Crippen LogP contribution in [0.25, 0.3) is 0 Å². The van der Waals surface area contributed by atoms with E-state index in [1.54, 1.807) is 24.3 Å². The van der Waals surface area contributed by atoms with E-state index in [0.717, 1.165) is 5.56 Å². The van der Waals surface area contributed by atoms with E-state index in [-0.39, 0.29) is 30.4 Å². The molecular formula is C21H21N3O4. The molecule has 0 unspecified atom stereocenters.